The van der Waals surface area contributed by atoms with E-state index in [2.05, 4.69) is 0 Å². The van der Waals surface area contributed by atoms with Gasteiger partial charge in [-0.05, 0) is 0 Å². The third kappa shape index (κ3) is 2.22. The highest BCUT2D eigenvalue weighted by molar-refractivity contribution is 4.93. The Morgan fingerprint density at radius 1 is 1.50 bits per heavy atom. The average molecular weight is 251 g/mol. The van der Waals surface area contributed by atoms with Gasteiger partial charge in [0.1, 0.15) is 0 Å². The lowest BCUT2D eigenvalue weighted by Gasteiger charge is -1.91. The van der Waals surface area contributed by atoms with E-state index in [1.165, 1.54) is 0 Å². The number of aliphatic hydroxyl groups is 1. The summed E-state index contributed by atoms with van der Waals surface area (Å²) in [4.78, 5) is 0. The summed E-state index contributed by atoms with van der Waals surface area (Å²) in [5, 5.41) is 8.68. The van der Waals surface area contributed by atoms with E-state index in [1.54, 1.807) is 4.57 Å². The number of rotatable bonds is 1. The number of aliphatic hydroxyl groups excluding tert-OH is 1. The number of halogens is 1. The second kappa shape index (κ2) is 4.62. The van der Waals surface area contributed by atoms with Crippen molar-refractivity contribution in [3.8, 4) is 0 Å². The fraction of sp³-hybridized carbons (Fsp3) is 0.286. The molecule has 0 aliphatic heterocycles. The number of hydrogen-bond donors (Lipinski definition) is 1. The molecule has 3 heteroatoms. The number of nitrogens with zero attached hydrogens (tertiary/aromatic N) is 1. The van der Waals surface area contributed by atoms with Crippen LogP contribution < -0.4 is 28.5 Å². The predicted molar refractivity (Wildman–Crippen MR) is 33.6 cm³/mol. The smallest absolute Gasteiger partial charge is 0.250 e. The highest BCUT2D eigenvalue weighted by atomic mass is 127. The van der Waals surface area contributed by atoms with Gasteiger partial charge < -0.3 is 29.1 Å². The number of aromatic nitrogens is 1. The van der Waals surface area contributed by atoms with Gasteiger partial charge in [0.2, 0.25) is 6.73 Å². The molecule has 0 aliphatic rings. The minimum atomic E-state index is 0. The molecule has 1 aromatic rings. The molecule has 0 bridgehead atoms. The zero-order chi connectivity index (χ0) is 6.69. The molecule has 10 heavy (non-hydrogen) atoms. The highest BCUT2D eigenvalue weighted by Crippen LogP contribution is 1.85. The van der Waals surface area contributed by atoms with Crippen LogP contribution in [0, 0.1) is 6.92 Å². The SMILES string of the molecule is Cc1cccc[n+]1CO.[I-]. The molecule has 0 radical (unpaired) electrons. The Morgan fingerprint density at radius 3 is 2.60 bits per heavy atom. The standard InChI is InChI=1S/C7H10NO.HI/c1-7-4-2-3-5-8(7)6-9;/h2-5,9H,6H2,1H3;1H/q+1;/p-1. The normalized spacial score (nSPS) is 8.60. The van der Waals surface area contributed by atoms with Crippen LogP contribution in [0.1, 0.15) is 5.69 Å². The molecule has 1 aromatic heterocycles. The summed E-state index contributed by atoms with van der Waals surface area (Å²) in [6, 6.07) is 5.79. The van der Waals surface area contributed by atoms with Crippen LogP contribution in [0.25, 0.3) is 0 Å². The summed E-state index contributed by atoms with van der Waals surface area (Å²) in [5.41, 5.74) is 1.07. The zero-order valence-corrected chi connectivity index (χ0v) is 7.95. The largest absolute Gasteiger partial charge is 1.00 e. The van der Waals surface area contributed by atoms with Crippen LogP contribution in [0.3, 0.4) is 0 Å². The Morgan fingerprint density at radius 2 is 2.20 bits per heavy atom. The topological polar surface area (TPSA) is 24.1 Å². The molecule has 0 fully saturated rings. The molecule has 0 aliphatic carbocycles. The molecule has 1 rings (SSSR count). The van der Waals surface area contributed by atoms with Crippen molar-refractivity contribution in [2.75, 3.05) is 0 Å². The summed E-state index contributed by atoms with van der Waals surface area (Å²) in [6.45, 7) is 2.02. The first kappa shape index (κ1) is 9.84. The Kier molecular flexibility index (Phi) is 4.55. The second-order valence-electron chi connectivity index (χ2n) is 1.95. The molecule has 0 amide bonds. The molecule has 0 atom stereocenters. The molecular weight excluding hydrogens is 241 g/mol. The van der Waals surface area contributed by atoms with Crippen molar-refractivity contribution >= 4 is 0 Å². The maximum absolute atomic E-state index is 8.68. The van der Waals surface area contributed by atoms with Crippen LogP contribution in [-0.4, -0.2) is 5.11 Å². The first-order chi connectivity index (χ1) is 4.34. The van der Waals surface area contributed by atoms with Crippen molar-refractivity contribution in [3.05, 3.63) is 30.1 Å². The molecule has 0 saturated carbocycles. The van der Waals surface area contributed by atoms with Gasteiger partial charge in [-0.25, -0.2) is 0 Å². The fourth-order valence-electron chi connectivity index (χ4n) is 0.720. The summed E-state index contributed by atoms with van der Waals surface area (Å²) >= 11 is 0. The van der Waals surface area contributed by atoms with Crippen LogP contribution in [-0.2, 0) is 6.73 Å². The van der Waals surface area contributed by atoms with Gasteiger partial charge >= 0.3 is 0 Å². The zero-order valence-electron chi connectivity index (χ0n) is 5.79. The summed E-state index contributed by atoms with van der Waals surface area (Å²) in [7, 11) is 0. The maximum atomic E-state index is 8.68. The molecule has 1 heterocycles. The summed E-state index contributed by atoms with van der Waals surface area (Å²) < 4.78 is 1.76. The van der Waals surface area contributed by atoms with Crippen LogP contribution in [0.15, 0.2) is 24.4 Å². The van der Waals surface area contributed by atoms with E-state index < -0.39 is 0 Å². The van der Waals surface area contributed by atoms with E-state index in [9.17, 15) is 0 Å². The Hall–Kier alpha value is -0.160. The summed E-state index contributed by atoms with van der Waals surface area (Å²) in [5.74, 6) is 0. The molecule has 0 saturated heterocycles. The van der Waals surface area contributed by atoms with Crippen LogP contribution >= 0.6 is 0 Å². The van der Waals surface area contributed by atoms with E-state index in [0.717, 1.165) is 5.69 Å². The van der Waals surface area contributed by atoms with Gasteiger partial charge in [-0.15, -0.1) is 0 Å². The lowest BCUT2D eigenvalue weighted by Crippen LogP contribution is -3.00. The monoisotopic (exact) mass is 251 g/mol. The van der Waals surface area contributed by atoms with Gasteiger partial charge in [-0.3, -0.25) is 0 Å². The van der Waals surface area contributed by atoms with Crippen molar-refractivity contribution in [1.82, 2.24) is 0 Å². The van der Waals surface area contributed by atoms with Crippen molar-refractivity contribution in [1.29, 1.82) is 0 Å². The fourth-order valence-corrected chi connectivity index (χ4v) is 0.720. The van der Waals surface area contributed by atoms with Crippen LogP contribution in [0.2, 0.25) is 0 Å². The maximum Gasteiger partial charge on any atom is 0.250 e. The second-order valence-corrected chi connectivity index (χ2v) is 1.95. The first-order valence-electron chi connectivity index (χ1n) is 2.90. The van der Waals surface area contributed by atoms with E-state index in [0.29, 0.717) is 0 Å². The van der Waals surface area contributed by atoms with Gasteiger partial charge in [0.05, 0.1) is 0 Å². The van der Waals surface area contributed by atoms with E-state index in [4.69, 9.17) is 5.11 Å². The van der Waals surface area contributed by atoms with E-state index in [-0.39, 0.29) is 30.7 Å². The van der Waals surface area contributed by atoms with Crippen molar-refractivity contribution in [3.63, 3.8) is 0 Å². The quantitative estimate of drug-likeness (QED) is 0.424. The Balaban J connectivity index is 0.000000810. The van der Waals surface area contributed by atoms with Gasteiger partial charge in [-0.1, -0.05) is 6.07 Å². The molecular formula is C7H10INO. The summed E-state index contributed by atoms with van der Waals surface area (Å²) in [6.07, 6.45) is 1.84. The first-order valence-corrected chi connectivity index (χ1v) is 2.90. The van der Waals surface area contributed by atoms with E-state index in [1.807, 2.05) is 31.3 Å². The van der Waals surface area contributed by atoms with Gasteiger partial charge in [-0.2, -0.15) is 4.57 Å². The third-order valence-corrected chi connectivity index (χ3v) is 1.32. The van der Waals surface area contributed by atoms with Crippen molar-refractivity contribution in [2.24, 2.45) is 0 Å². The predicted octanol–water partition coefficient (Wildman–Crippen LogP) is -2.76. The van der Waals surface area contributed by atoms with Crippen molar-refractivity contribution < 1.29 is 33.7 Å². The minimum absolute atomic E-state index is 0. The van der Waals surface area contributed by atoms with Gasteiger partial charge in [0, 0.05) is 19.1 Å². The Labute approximate surface area is 77.5 Å². The van der Waals surface area contributed by atoms with Crippen LogP contribution in [0.5, 0.6) is 0 Å². The lowest BCUT2D eigenvalue weighted by molar-refractivity contribution is -0.735. The highest BCUT2D eigenvalue weighted by Gasteiger charge is 1.98. The van der Waals surface area contributed by atoms with E-state index >= 15 is 0 Å². The molecule has 0 unspecified atom stereocenters. The van der Waals surface area contributed by atoms with Crippen LogP contribution in [0.4, 0.5) is 0 Å². The average Bonchev–Trinajstić information content (AvgIpc) is 1.89. The molecule has 56 valence electrons. The third-order valence-electron chi connectivity index (χ3n) is 1.32. The molecule has 1 N–H and O–H groups in total. The number of aryl methyl sites for hydroxylation is 1. The molecule has 0 aromatic carbocycles. The molecule has 2 nitrogen and oxygen atoms in total. The van der Waals surface area contributed by atoms with Gasteiger partial charge in [0.15, 0.2) is 11.9 Å². The molecule has 0 spiro atoms. The lowest BCUT2D eigenvalue weighted by atomic mass is 10.4. The van der Waals surface area contributed by atoms with Gasteiger partial charge in [0.25, 0.3) is 0 Å². The number of pyridine rings is 1. The van der Waals surface area contributed by atoms with Crippen molar-refractivity contribution in [2.45, 2.75) is 13.7 Å². The Bertz CT molecular complexity index is 203. The number of hydrogen-bond acceptors (Lipinski definition) is 1. The minimum Gasteiger partial charge on any atom is -1.00 e.